The third kappa shape index (κ3) is 2.34. The minimum absolute atomic E-state index is 0.979. The number of hydrogen-bond donors (Lipinski definition) is 1. The van der Waals surface area contributed by atoms with Gasteiger partial charge in [-0.1, -0.05) is 6.92 Å². The molecule has 0 radical (unpaired) electrons. The van der Waals surface area contributed by atoms with Crippen LogP contribution in [0.4, 0.5) is 0 Å². The summed E-state index contributed by atoms with van der Waals surface area (Å²) in [4.78, 5) is 5.39. The summed E-state index contributed by atoms with van der Waals surface area (Å²) in [6, 6.07) is 0. The summed E-state index contributed by atoms with van der Waals surface area (Å²) in [5.41, 5.74) is 1.19. The number of rotatable bonds is 3. The summed E-state index contributed by atoms with van der Waals surface area (Å²) in [7, 11) is 0. The van der Waals surface area contributed by atoms with Gasteiger partial charge in [-0.05, 0) is 12.5 Å². The second kappa shape index (κ2) is 4.57. The monoisotopic (exact) mass is 170 g/mol. The molecule has 0 bridgehead atoms. The fourth-order valence-corrected chi connectivity index (χ4v) is 2.01. The molecule has 0 aromatic carbocycles. The Morgan fingerprint density at radius 1 is 1.73 bits per heavy atom. The molecule has 0 aromatic heterocycles. The van der Waals surface area contributed by atoms with Crippen LogP contribution in [0.25, 0.3) is 0 Å². The molecule has 0 saturated carbocycles. The van der Waals surface area contributed by atoms with E-state index in [1.807, 2.05) is 11.8 Å². The minimum Gasteiger partial charge on any atom is -0.312 e. The Bertz CT molecular complexity index is 175. The van der Waals surface area contributed by atoms with E-state index < -0.39 is 0 Å². The highest BCUT2D eigenvalue weighted by molar-refractivity contribution is 8.03. The van der Waals surface area contributed by atoms with Crippen LogP contribution in [0, 0.1) is 0 Å². The van der Waals surface area contributed by atoms with Crippen LogP contribution >= 0.6 is 11.8 Å². The summed E-state index contributed by atoms with van der Waals surface area (Å²) in [5.74, 6) is 1.12. The third-order valence-electron chi connectivity index (χ3n) is 1.66. The number of nitrogens with one attached hydrogen (secondary N) is 1. The van der Waals surface area contributed by atoms with E-state index >= 15 is 0 Å². The lowest BCUT2D eigenvalue weighted by Crippen LogP contribution is -2.23. The molecule has 1 heterocycles. The van der Waals surface area contributed by atoms with Crippen molar-refractivity contribution in [1.82, 2.24) is 5.32 Å². The van der Waals surface area contributed by atoms with Crippen LogP contribution in [0.1, 0.15) is 13.3 Å². The van der Waals surface area contributed by atoms with Crippen molar-refractivity contribution in [2.75, 3.05) is 18.8 Å². The first-order valence-corrected chi connectivity index (χ1v) is 4.89. The molecule has 0 aliphatic carbocycles. The van der Waals surface area contributed by atoms with Crippen molar-refractivity contribution < 1.29 is 0 Å². The van der Waals surface area contributed by atoms with Crippen molar-refractivity contribution in [2.24, 2.45) is 4.99 Å². The van der Waals surface area contributed by atoms with E-state index in [2.05, 4.69) is 24.0 Å². The van der Waals surface area contributed by atoms with E-state index in [1.54, 1.807) is 0 Å². The fraction of sp³-hybridized carbons (Fsp3) is 0.625. The van der Waals surface area contributed by atoms with Gasteiger partial charge in [-0.15, -0.1) is 11.8 Å². The van der Waals surface area contributed by atoms with Gasteiger partial charge in [-0.2, -0.15) is 0 Å². The second-order valence-electron chi connectivity index (χ2n) is 2.39. The smallest absolute Gasteiger partial charge is 0.0516 e. The van der Waals surface area contributed by atoms with E-state index in [-0.39, 0.29) is 0 Å². The second-order valence-corrected chi connectivity index (χ2v) is 3.75. The fourth-order valence-electron chi connectivity index (χ4n) is 1.13. The summed E-state index contributed by atoms with van der Waals surface area (Å²) in [6.07, 6.45) is 1.03. The van der Waals surface area contributed by atoms with E-state index in [9.17, 15) is 0 Å². The number of thioether (sulfide) groups is 1. The molecule has 1 N–H and O–H groups in total. The van der Waals surface area contributed by atoms with Crippen molar-refractivity contribution in [1.29, 1.82) is 0 Å². The maximum atomic E-state index is 4.02. The molecule has 0 spiro atoms. The molecule has 0 amide bonds. The van der Waals surface area contributed by atoms with Gasteiger partial charge < -0.3 is 5.32 Å². The molecular weight excluding hydrogens is 156 g/mol. The van der Waals surface area contributed by atoms with Gasteiger partial charge in [0.1, 0.15) is 0 Å². The highest BCUT2D eigenvalue weighted by Crippen LogP contribution is 2.23. The number of nitrogens with zero attached hydrogens (tertiary/aromatic N) is 1. The Kier molecular flexibility index (Phi) is 3.66. The van der Waals surface area contributed by atoms with Crippen molar-refractivity contribution in [3.8, 4) is 0 Å². The molecule has 3 heteroatoms. The van der Waals surface area contributed by atoms with E-state index in [0.717, 1.165) is 25.3 Å². The van der Waals surface area contributed by atoms with Crippen LogP contribution < -0.4 is 5.32 Å². The van der Waals surface area contributed by atoms with E-state index in [1.165, 1.54) is 10.6 Å². The Balaban J connectivity index is 2.64. The van der Waals surface area contributed by atoms with E-state index in [0.29, 0.717) is 0 Å². The summed E-state index contributed by atoms with van der Waals surface area (Å²) >= 11 is 1.87. The van der Waals surface area contributed by atoms with Gasteiger partial charge >= 0.3 is 0 Å². The lowest BCUT2D eigenvalue weighted by molar-refractivity contribution is 0.693. The first-order chi connectivity index (χ1) is 5.38. The highest BCUT2D eigenvalue weighted by atomic mass is 32.2. The van der Waals surface area contributed by atoms with Crippen LogP contribution in [0.2, 0.25) is 0 Å². The molecule has 1 rings (SSSR count). The Hall–Kier alpha value is -0.280. The average molecular weight is 170 g/mol. The van der Waals surface area contributed by atoms with Crippen LogP contribution in [-0.4, -0.2) is 25.6 Å². The number of hydrogen-bond acceptors (Lipinski definition) is 3. The maximum absolute atomic E-state index is 4.02. The zero-order valence-electron chi connectivity index (χ0n) is 6.89. The van der Waals surface area contributed by atoms with Gasteiger partial charge in [0.25, 0.3) is 0 Å². The molecule has 62 valence electrons. The zero-order valence-corrected chi connectivity index (χ0v) is 7.71. The number of aliphatic imine (C=N–C) groups is 1. The average Bonchev–Trinajstić information content (AvgIpc) is 2.06. The topological polar surface area (TPSA) is 24.4 Å². The predicted octanol–water partition coefficient (Wildman–Crippen LogP) is 1.65. The first-order valence-electron chi connectivity index (χ1n) is 3.90. The van der Waals surface area contributed by atoms with Gasteiger partial charge in [0.2, 0.25) is 0 Å². The molecule has 0 unspecified atom stereocenters. The van der Waals surface area contributed by atoms with Gasteiger partial charge in [0.05, 0.1) is 5.70 Å². The normalized spacial score (nSPS) is 18.6. The first kappa shape index (κ1) is 8.81. The minimum atomic E-state index is 0.979. The molecule has 0 saturated heterocycles. The Labute approximate surface area is 72.2 Å². The molecule has 1 aliphatic rings. The van der Waals surface area contributed by atoms with Crippen LogP contribution in [0.15, 0.2) is 15.6 Å². The molecule has 0 aromatic rings. The lowest BCUT2D eigenvalue weighted by Gasteiger charge is -2.16. The lowest BCUT2D eigenvalue weighted by atomic mass is 10.2. The van der Waals surface area contributed by atoms with Crippen LogP contribution in [-0.2, 0) is 0 Å². The maximum Gasteiger partial charge on any atom is 0.0516 e. The summed E-state index contributed by atoms with van der Waals surface area (Å²) in [6.45, 7) is 7.75. The summed E-state index contributed by atoms with van der Waals surface area (Å²) in [5, 5.41) is 3.32. The molecule has 1 aliphatic heterocycles. The van der Waals surface area contributed by atoms with Gasteiger partial charge in [0, 0.05) is 24.4 Å². The van der Waals surface area contributed by atoms with Gasteiger partial charge in [-0.25, -0.2) is 0 Å². The van der Waals surface area contributed by atoms with Crippen molar-refractivity contribution in [3.05, 3.63) is 10.6 Å². The van der Waals surface area contributed by atoms with Gasteiger partial charge in [0.15, 0.2) is 0 Å². The zero-order chi connectivity index (χ0) is 8.10. The standard InChI is InChI=1S/C8H14N2S/c1-3-11-8-6-10-5-4-7(8)9-2/h10H,2-6H2,1H3. The van der Waals surface area contributed by atoms with Crippen molar-refractivity contribution in [2.45, 2.75) is 13.3 Å². The molecule has 11 heavy (non-hydrogen) atoms. The van der Waals surface area contributed by atoms with Crippen molar-refractivity contribution >= 4 is 18.5 Å². The van der Waals surface area contributed by atoms with Crippen LogP contribution in [0.3, 0.4) is 0 Å². The molecular formula is C8H14N2S. The predicted molar refractivity (Wildman–Crippen MR) is 52.2 cm³/mol. The summed E-state index contributed by atoms with van der Waals surface area (Å²) < 4.78 is 0. The Morgan fingerprint density at radius 3 is 3.18 bits per heavy atom. The van der Waals surface area contributed by atoms with Crippen LogP contribution in [0.5, 0.6) is 0 Å². The highest BCUT2D eigenvalue weighted by Gasteiger charge is 2.09. The Morgan fingerprint density at radius 2 is 2.55 bits per heavy atom. The largest absolute Gasteiger partial charge is 0.312 e. The quantitative estimate of drug-likeness (QED) is 0.651. The van der Waals surface area contributed by atoms with E-state index in [4.69, 9.17) is 0 Å². The molecule has 0 fully saturated rings. The molecule has 2 nitrogen and oxygen atoms in total. The third-order valence-corrected chi connectivity index (χ3v) is 2.67. The van der Waals surface area contributed by atoms with Crippen molar-refractivity contribution in [3.63, 3.8) is 0 Å². The van der Waals surface area contributed by atoms with Gasteiger partial charge in [-0.3, -0.25) is 4.99 Å². The SMILES string of the molecule is C=NC1=C(SCC)CNCC1. The molecule has 0 atom stereocenters.